The molecule has 0 bridgehead atoms. The standard InChI is InChI=1S/C16H27NO3/c1-4-9-20-15-8-7-13(10-16(15)19-6-3)11-17-14(5-2)12-18/h7-8,10,14,17-18H,4-6,9,11-12H2,1-3H3/t14-/m1/s1. The summed E-state index contributed by atoms with van der Waals surface area (Å²) in [5, 5.41) is 12.5. The Morgan fingerprint density at radius 3 is 2.55 bits per heavy atom. The van der Waals surface area contributed by atoms with Gasteiger partial charge in [0, 0.05) is 12.6 Å². The number of aliphatic hydroxyl groups excluding tert-OH is 1. The molecular weight excluding hydrogens is 254 g/mol. The molecule has 4 heteroatoms. The molecule has 0 aliphatic rings. The van der Waals surface area contributed by atoms with E-state index >= 15 is 0 Å². The van der Waals surface area contributed by atoms with Gasteiger partial charge in [0.25, 0.3) is 0 Å². The van der Waals surface area contributed by atoms with Crippen molar-refractivity contribution in [3.63, 3.8) is 0 Å². The van der Waals surface area contributed by atoms with Crippen molar-refractivity contribution in [2.45, 2.75) is 46.2 Å². The van der Waals surface area contributed by atoms with E-state index in [0.717, 1.165) is 29.9 Å². The average molecular weight is 281 g/mol. The molecule has 1 aromatic rings. The van der Waals surface area contributed by atoms with Gasteiger partial charge in [-0.15, -0.1) is 0 Å². The Labute approximate surface area is 122 Å². The molecule has 0 unspecified atom stereocenters. The first kappa shape index (κ1) is 16.8. The molecule has 0 fully saturated rings. The molecule has 1 rings (SSSR count). The summed E-state index contributed by atoms with van der Waals surface area (Å²) in [6.45, 7) is 8.29. The van der Waals surface area contributed by atoms with E-state index in [1.165, 1.54) is 0 Å². The molecule has 20 heavy (non-hydrogen) atoms. The Morgan fingerprint density at radius 1 is 1.15 bits per heavy atom. The minimum atomic E-state index is 0.140. The van der Waals surface area contributed by atoms with Crippen molar-refractivity contribution in [1.29, 1.82) is 0 Å². The highest BCUT2D eigenvalue weighted by molar-refractivity contribution is 5.43. The highest BCUT2D eigenvalue weighted by Crippen LogP contribution is 2.28. The van der Waals surface area contributed by atoms with Gasteiger partial charge in [0.2, 0.25) is 0 Å². The van der Waals surface area contributed by atoms with Gasteiger partial charge < -0.3 is 19.9 Å². The van der Waals surface area contributed by atoms with E-state index in [9.17, 15) is 5.11 Å². The maximum Gasteiger partial charge on any atom is 0.161 e. The van der Waals surface area contributed by atoms with E-state index in [2.05, 4.69) is 19.2 Å². The van der Waals surface area contributed by atoms with Gasteiger partial charge in [-0.2, -0.15) is 0 Å². The summed E-state index contributed by atoms with van der Waals surface area (Å²) in [4.78, 5) is 0. The molecule has 0 spiro atoms. The second kappa shape index (κ2) is 9.61. The van der Waals surface area contributed by atoms with E-state index in [-0.39, 0.29) is 12.6 Å². The second-order valence-corrected chi connectivity index (χ2v) is 4.73. The van der Waals surface area contributed by atoms with Crippen LogP contribution in [0.4, 0.5) is 0 Å². The molecule has 1 aromatic carbocycles. The molecule has 4 nitrogen and oxygen atoms in total. The Bertz CT molecular complexity index is 378. The third-order valence-electron chi connectivity index (χ3n) is 3.08. The number of hydrogen-bond acceptors (Lipinski definition) is 4. The first-order chi connectivity index (χ1) is 9.74. The zero-order valence-corrected chi connectivity index (χ0v) is 12.8. The fourth-order valence-corrected chi connectivity index (χ4v) is 1.86. The van der Waals surface area contributed by atoms with Gasteiger partial charge in [0.15, 0.2) is 11.5 Å². The third kappa shape index (κ3) is 5.39. The van der Waals surface area contributed by atoms with E-state index < -0.39 is 0 Å². The number of benzene rings is 1. The predicted octanol–water partition coefficient (Wildman–Crippen LogP) is 2.73. The number of ether oxygens (including phenoxy) is 2. The summed E-state index contributed by atoms with van der Waals surface area (Å²) in [6.07, 6.45) is 1.88. The van der Waals surface area contributed by atoms with Crippen LogP contribution in [0, 0.1) is 0 Å². The van der Waals surface area contributed by atoms with Crippen LogP contribution in [0.2, 0.25) is 0 Å². The summed E-state index contributed by atoms with van der Waals surface area (Å²) < 4.78 is 11.3. The monoisotopic (exact) mass is 281 g/mol. The lowest BCUT2D eigenvalue weighted by Gasteiger charge is -2.16. The maximum atomic E-state index is 9.18. The van der Waals surface area contributed by atoms with Crippen molar-refractivity contribution in [2.75, 3.05) is 19.8 Å². The van der Waals surface area contributed by atoms with Crippen molar-refractivity contribution in [3.8, 4) is 11.5 Å². The van der Waals surface area contributed by atoms with Crippen LogP contribution in [-0.2, 0) is 6.54 Å². The van der Waals surface area contributed by atoms with Crippen LogP contribution in [-0.4, -0.2) is 31.0 Å². The van der Waals surface area contributed by atoms with Gasteiger partial charge in [-0.3, -0.25) is 0 Å². The van der Waals surface area contributed by atoms with Gasteiger partial charge in [-0.25, -0.2) is 0 Å². The molecule has 0 radical (unpaired) electrons. The number of nitrogens with one attached hydrogen (secondary N) is 1. The fourth-order valence-electron chi connectivity index (χ4n) is 1.86. The Morgan fingerprint density at radius 2 is 1.95 bits per heavy atom. The number of hydrogen-bond donors (Lipinski definition) is 2. The fraction of sp³-hybridized carbons (Fsp3) is 0.625. The van der Waals surface area contributed by atoms with E-state index in [1.807, 2.05) is 25.1 Å². The van der Waals surface area contributed by atoms with Crippen molar-refractivity contribution in [2.24, 2.45) is 0 Å². The minimum absolute atomic E-state index is 0.140. The van der Waals surface area contributed by atoms with Crippen LogP contribution in [0.25, 0.3) is 0 Å². The highest BCUT2D eigenvalue weighted by atomic mass is 16.5. The van der Waals surface area contributed by atoms with Crippen LogP contribution in [0.3, 0.4) is 0 Å². The maximum absolute atomic E-state index is 9.18. The lowest BCUT2D eigenvalue weighted by atomic mass is 10.1. The Hall–Kier alpha value is -1.26. The van der Waals surface area contributed by atoms with Crippen LogP contribution in [0.15, 0.2) is 18.2 Å². The summed E-state index contributed by atoms with van der Waals surface area (Å²) in [5.74, 6) is 1.59. The van der Waals surface area contributed by atoms with Crippen LogP contribution in [0.1, 0.15) is 39.2 Å². The molecule has 2 N–H and O–H groups in total. The predicted molar refractivity (Wildman–Crippen MR) is 81.4 cm³/mol. The van der Waals surface area contributed by atoms with E-state index in [0.29, 0.717) is 19.8 Å². The molecule has 114 valence electrons. The third-order valence-corrected chi connectivity index (χ3v) is 3.08. The normalized spacial score (nSPS) is 12.2. The lowest BCUT2D eigenvalue weighted by molar-refractivity contribution is 0.238. The van der Waals surface area contributed by atoms with Gasteiger partial charge in [-0.1, -0.05) is 19.9 Å². The largest absolute Gasteiger partial charge is 0.490 e. The molecule has 0 aromatic heterocycles. The second-order valence-electron chi connectivity index (χ2n) is 4.73. The SMILES string of the molecule is CCCOc1ccc(CN[C@H](CC)CO)cc1OCC. The van der Waals surface area contributed by atoms with Crippen molar-refractivity contribution < 1.29 is 14.6 Å². The first-order valence-corrected chi connectivity index (χ1v) is 7.47. The first-order valence-electron chi connectivity index (χ1n) is 7.47. The van der Waals surface area contributed by atoms with Crippen molar-refractivity contribution in [1.82, 2.24) is 5.32 Å². The summed E-state index contributed by atoms with van der Waals surface area (Å²) >= 11 is 0. The molecule has 0 amide bonds. The molecule has 0 heterocycles. The summed E-state index contributed by atoms with van der Waals surface area (Å²) in [5.41, 5.74) is 1.13. The number of aliphatic hydroxyl groups is 1. The molecule has 0 aliphatic heterocycles. The topological polar surface area (TPSA) is 50.7 Å². The molecule has 1 atom stereocenters. The van der Waals surface area contributed by atoms with E-state index in [1.54, 1.807) is 0 Å². The quantitative estimate of drug-likeness (QED) is 0.692. The van der Waals surface area contributed by atoms with Crippen molar-refractivity contribution >= 4 is 0 Å². The van der Waals surface area contributed by atoms with Gasteiger partial charge in [0.1, 0.15) is 0 Å². The van der Waals surface area contributed by atoms with Gasteiger partial charge >= 0.3 is 0 Å². The van der Waals surface area contributed by atoms with Gasteiger partial charge in [-0.05, 0) is 37.5 Å². The van der Waals surface area contributed by atoms with Crippen LogP contribution < -0.4 is 14.8 Å². The van der Waals surface area contributed by atoms with Crippen LogP contribution in [0.5, 0.6) is 11.5 Å². The Kier molecular flexibility index (Phi) is 8.07. The molecule has 0 saturated heterocycles. The Balaban J connectivity index is 2.70. The zero-order chi connectivity index (χ0) is 14.8. The smallest absolute Gasteiger partial charge is 0.161 e. The molecule has 0 saturated carbocycles. The van der Waals surface area contributed by atoms with Crippen molar-refractivity contribution in [3.05, 3.63) is 23.8 Å². The molecular formula is C16H27NO3. The van der Waals surface area contributed by atoms with E-state index in [4.69, 9.17) is 9.47 Å². The summed E-state index contributed by atoms with van der Waals surface area (Å²) in [6, 6.07) is 6.13. The summed E-state index contributed by atoms with van der Waals surface area (Å²) in [7, 11) is 0. The van der Waals surface area contributed by atoms with Gasteiger partial charge in [0.05, 0.1) is 19.8 Å². The number of rotatable bonds is 10. The minimum Gasteiger partial charge on any atom is -0.490 e. The lowest BCUT2D eigenvalue weighted by Crippen LogP contribution is -2.31. The zero-order valence-electron chi connectivity index (χ0n) is 12.8. The average Bonchev–Trinajstić information content (AvgIpc) is 2.48. The molecule has 0 aliphatic carbocycles. The highest BCUT2D eigenvalue weighted by Gasteiger charge is 2.08. The van der Waals surface area contributed by atoms with Crippen LogP contribution >= 0.6 is 0 Å².